The van der Waals surface area contributed by atoms with Crippen molar-refractivity contribution >= 4 is 11.6 Å². The van der Waals surface area contributed by atoms with Crippen LogP contribution in [0.15, 0.2) is 30.6 Å². The van der Waals surface area contributed by atoms with Crippen molar-refractivity contribution in [2.75, 3.05) is 0 Å². The van der Waals surface area contributed by atoms with Gasteiger partial charge in [-0.1, -0.05) is 17.7 Å². The quantitative estimate of drug-likeness (QED) is 0.846. The zero-order valence-corrected chi connectivity index (χ0v) is 9.20. The maximum Gasteiger partial charge on any atom is 0.0689 e. The lowest BCUT2D eigenvalue weighted by Gasteiger charge is -2.06. The van der Waals surface area contributed by atoms with E-state index < -0.39 is 0 Å². The topological polar surface area (TPSA) is 43.8 Å². The van der Waals surface area contributed by atoms with Crippen molar-refractivity contribution < 1.29 is 0 Å². The van der Waals surface area contributed by atoms with Gasteiger partial charge in [-0.25, -0.2) is 4.68 Å². The Kier molecular flexibility index (Phi) is 2.75. The van der Waals surface area contributed by atoms with Crippen LogP contribution in [-0.4, -0.2) is 9.78 Å². The zero-order valence-electron chi connectivity index (χ0n) is 8.44. The van der Waals surface area contributed by atoms with Crippen LogP contribution in [0.5, 0.6) is 0 Å². The van der Waals surface area contributed by atoms with Gasteiger partial charge in [0.05, 0.1) is 11.9 Å². The van der Waals surface area contributed by atoms with Crippen molar-refractivity contribution in [3.63, 3.8) is 0 Å². The summed E-state index contributed by atoms with van der Waals surface area (Å²) in [6.07, 6.45) is 3.68. The molecule has 0 aliphatic carbocycles. The van der Waals surface area contributed by atoms with Crippen LogP contribution < -0.4 is 5.73 Å². The molecule has 2 aromatic rings. The van der Waals surface area contributed by atoms with Gasteiger partial charge in [0, 0.05) is 23.3 Å². The standard InChI is InChI=1S/C11H12ClN3/c1-8-10(12)3-2-4-11(8)15-7-9(5-13)6-14-15/h2-4,6-7H,5,13H2,1H3. The third-order valence-corrected chi connectivity index (χ3v) is 2.77. The number of hydrogen-bond acceptors (Lipinski definition) is 2. The fourth-order valence-electron chi connectivity index (χ4n) is 1.44. The van der Waals surface area contributed by atoms with E-state index in [2.05, 4.69) is 5.10 Å². The van der Waals surface area contributed by atoms with Gasteiger partial charge in [-0.15, -0.1) is 0 Å². The molecule has 3 nitrogen and oxygen atoms in total. The molecule has 0 aliphatic heterocycles. The van der Waals surface area contributed by atoms with Crippen molar-refractivity contribution in [1.82, 2.24) is 9.78 Å². The maximum atomic E-state index is 6.04. The molecule has 0 aliphatic rings. The summed E-state index contributed by atoms with van der Waals surface area (Å²) in [4.78, 5) is 0. The molecule has 0 radical (unpaired) electrons. The Morgan fingerprint density at radius 1 is 1.47 bits per heavy atom. The molecule has 4 heteroatoms. The molecule has 78 valence electrons. The van der Waals surface area contributed by atoms with E-state index in [1.807, 2.05) is 31.3 Å². The van der Waals surface area contributed by atoms with Crippen LogP contribution in [0.4, 0.5) is 0 Å². The van der Waals surface area contributed by atoms with E-state index in [-0.39, 0.29) is 0 Å². The maximum absolute atomic E-state index is 6.04. The summed E-state index contributed by atoms with van der Waals surface area (Å²) in [6, 6.07) is 5.76. The SMILES string of the molecule is Cc1c(Cl)cccc1-n1cc(CN)cn1. The summed E-state index contributed by atoms with van der Waals surface area (Å²) in [5.74, 6) is 0. The first-order valence-electron chi connectivity index (χ1n) is 4.71. The molecule has 1 aromatic carbocycles. The number of aromatic nitrogens is 2. The lowest BCUT2D eigenvalue weighted by Crippen LogP contribution is -1.98. The van der Waals surface area contributed by atoms with Gasteiger partial charge in [0.2, 0.25) is 0 Å². The first kappa shape index (κ1) is 10.2. The lowest BCUT2D eigenvalue weighted by atomic mass is 10.2. The molecule has 0 spiro atoms. The summed E-state index contributed by atoms with van der Waals surface area (Å²) >= 11 is 6.04. The first-order valence-corrected chi connectivity index (χ1v) is 5.09. The normalized spacial score (nSPS) is 10.6. The van der Waals surface area contributed by atoms with Crippen molar-refractivity contribution in [3.8, 4) is 5.69 Å². The second-order valence-electron chi connectivity index (χ2n) is 3.38. The first-order chi connectivity index (χ1) is 7.22. The third-order valence-electron chi connectivity index (χ3n) is 2.36. The van der Waals surface area contributed by atoms with E-state index in [0.29, 0.717) is 6.54 Å². The van der Waals surface area contributed by atoms with Gasteiger partial charge in [0.1, 0.15) is 0 Å². The largest absolute Gasteiger partial charge is 0.326 e. The molecule has 0 fully saturated rings. The Morgan fingerprint density at radius 3 is 2.93 bits per heavy atom. The van der Waals surface area contributed by atoms with E-state index >= 15 is 0 Å². The molecular weight excluding hydrogens is 210 g/mol. The Labute approximate surface area is 93.5 Å². The number of halogens is 1. The van der Waals surface area contributed by atoms with Crippen LogP contribution >= 0.6 is 11.6 Å². The molecule has 2 N–H and O–H groups in total. The van der Waals surface area contributed by atoms with Gasteiger partial charge in [-0.05, 0) is 24.6 Å². The van der Waals surface area contributed by atoms with Gasteiger partial charge in [-0.3, -0.25) is 0 Å². The lowest BCUT2D eigenvalue weighted by molar-refractivity contribution is 0.872. The predicted molar refractivity (Wildman–Crippen MR) is 61.2 cm³/mol. The van der Waals surface area contributed by atoms with E-state index in [4.69, 9.17) is 17.3 Å². The molecular formula is C11H12ClN3. The summed E-state index contributed by atoms with van der Waals surface area (Å²) in [5, 5.41) is 4.98. The summed E-state index contributed by atoms with van der Waals surface area (Å²) in [5.41, 5.74) is 8.55. The molecule has 0 unspecified atom stereocenters. The van der Waals surface area contributed by atoms with Crippen LogP contribution in [0, 0.1) is 6.92 Å². The van der Waals surface area contributed by atoms with E-state index in [1.54, 1.807) is 10.9 Å². The van der Waals surface area contributed by atoms with Crippen molar-refractivity contribution in [1.29, 1.82) is 0 Å². The van der Waals surface area contributed by atoms with Gasteiger partial charge in [-0.2, -0.15) is 5.10 Å². The molecule has 0 bridgehead atoms. The Morgan fingerprint density at radius 2 is 2.27 bits per heavy atom. The van der Waals surface area contributed by atoms with Crippen molar-refractivity contribution in [3.05, 3.63) is 46.7 Å². The van der Waals surface area contributed by atoms with E-state index in [0.717, 1.165) is 21.8 Å². The minimum Gasteiger partial charge on any atom is -0.326 e. The summed E-state index contributed by atoms with van der Waals surface area (Å²) < 4.78 is 1.80. The number of rotatable bonds is 2. The zero-order chi connectivity index (χ0) is 10.8. The smallest absolute Gasteiger partial charge is 0.0689 e. The number of nitrogens with zero attached hydrogens (tertiary/aromatic N) is 2. The van der Waals surface area contributed by atoms with E-state index in [1.165, 1.54) is 0 Å². The molecule has 2 rings (SSSR count). The molecule has 0 amide bonds. The van der Waals surface area contributed by atoms with Gasteiger partial charge >= 0.3 is 0 Å². The monoisotopic (exact) mass is 221 g/mol. The highest BCUT2D eigenvalue weighted by Crippen LogP contribution is 2.21. The second kappa shape index (κ2) is 4.04. The fraction of sp³-hybridized carbons (Fsp3) is 0.182. The van der Waals surface area contributed by atoms with Crippen LogP contribution in [-0.2, 0) is 6.54 Å². The molecule has 0 atom stereocenters. The number of hydrogen-bond donors (Lipinski definition) is 1. The highest BCUT2D eigenvalue weighted by atomic mass is 35.5. The van der Waals surface area contributed by atoms with Crippen LogP contribution in [0.1, 0.15) is 11.1 Å². The van der Waals surface area contributed by atoms with Gasteiger partial charge in [0.15, 0.2) is 0 Å². The molecule has 1 heterocycles. The van der Waals surface area contributed by atoms with Crippen LogP contribution in [0.3, 0.4) is 0 Å². The van der Waals surface area contributed by atoms with Crippen LogP contribution in [0.25, 0.3) is 5.69 Å². The van der Waals surface area contributed by atoms with E-state index in [9.17, 15) is 0 Å². The Bertz CT molecular complexity index is 476. The number of nitrogens with two attached hydrogens (primary N) is 1. The van der Waals surface area contributed by atoms with Crippen molar-refractivity contribution in [2.24, 2.45) is 5.73 Å². The van der Waals surface area contributed by atoms with Gasteiger partial charge in [0.25, 0.3) is 0 Å². The highest BCUT2D eigenvalue weighted by molar-refractivity contribution is 6.31. The second-order valence-corrected chi connectivity index (χ2v) is 3.79. The summed E-state index contributed by atoms with van der Waals surface area (Å²) in [6.45, 7) is 2.47. The molecule has 0 saturated heterocycles. The molecule has 0 saturated carbocycles. The predicted octanol–water partition coefficient (Wildman–Crippen LogP) is 2.29. The minimum absolute atomic E-state index is 0.500. The molecule has 15 heavy (non-hydrogen) atoms. The highest BCUT2D eigenvalue weighted by Gasteiger charge is 2.05. The van der Waals surface area contributed by atoms with Gasteiger partial charge < -0.3 is 5.73 Å². The summed E-state index contributed by atoms with van der Waals surface area (Å²) in [7, 11) is 0. The Hall–Kier alpha value is -1.32. The average Bonchev–Trinajstić information content (AvgIpc) is 2.70. The number of benzene rings is 1. The molecule has 1 aromatic heterocycles. The average molecular weight is 222 g/mol. The fourth-order valence-corrected chi connectivity index (χ4v) is 1.61. The van der Waals surface area contributed by atoms with Crippen molar-refractivity contribution in [2.45, 2.75) is 13.5 Å². The third kappa shape index (κ3) is 1.89. The van der Waals surface area contributed by atoms with Crippen LogP contribution in [0.2, 0.25) is 5.02 Å². The Balaban J connectivity index is 2.49. The minimum atomic E-state index is 0.500.